The van der Waals surface area contributed by atoms with Crippen molar-refractivity contribution in [1.82, 2.24) is 5.43 Å². The quantitative estimate of drug-likeness (QED) is 0.574. The molecule has 0 aliphatic rings. The zero-order chi connectivity index (χ0) is 17.7. The number of hydrogen-bond acceptors (Lipinski definition) is 3. The first-order chi connectivity index (χ1) is 11.4. The summed E-state index contributed by atoms with van der Waals surface area (Å²) in [4.78, 5) is 12.1. The molecule has 4 nitrogen and oxygen atoms in total. The van der Waals surface area contributed by atoms with Gasteiger partial charge in [0.2, 0.25) is 0 Å². The Hall–Kier alpha value is -1.85. The average Bonchev–Trinajstić information content (AvgIpc) is 2.55. The third kappa shape index (κ3) is 5.08. The van der Waals surface area contributed by atoms with Gasteiger partial charge in [0, 0.05) is 9.50 Å². The molecule has 0 saturated heterocycles. The van der Waals surface area contributed by atoms with E-state index in [-0.39, 0.29) is 5.91 Å². The Morgan fingerprint density at radius 3 is 2.54 bits per heavy atom. The van der Waals surface area contributed by atoms with Gasteiger partial charge in [-0.05, 0) is 62.2 Å². The predicted molar refractivity (Wildman–Crippen MR) is 101 cm³/mol. The molecule has 1 unspecified atom stereocenters. The van der Waals surface area contributed by atoms with Gasteiger partial charge in [0.1, 0.15) is 5.75 Å². The van der Waals surface area contributed by atoms with Crippen LogP contribution in [0.3, 0.4) is 0 Å². The zero-order valence-corrected chi connectivity index (χ0v) is 16.0. The first-order valence-corrected chi connectivity index (χ1v) is 8.57. The molecule has 2 rings (SSSR count). The second-order valence-electron chi connectivity index (χ2n) is 5.35. The van der Waals surface area contributed by atoms with Crippen LogP contribution in [0, 0.1) is 6.92 Å². The van der Waals surface area contributed by atoms with Gasteiger partial charge in [0.05, 0.1) is 5.71 Å². The largest absolute Gasteiger partial charge is 0.481 e. The van der Waals surface area contributed by atoms with Crippen LogP contribution in [0.4, 0.5) is 0 Å². The molecule has 1 N–H and O–H groups in total. The van der Waals surface area contributed by atoms with E-state index in [0.717, 1.165) is 15.6 Å². The number of carbonyl (C=O) groups excluding carboxylic acids is 1. The number of rotatable bonds is 5. The topological polar surface area (TPSA) is 50.7 Å². The fourth-order valence-electron chi connectivity index (χ4n) is 1.97. The van der Waals surface area contributed by atoms with E-state index in [0.29, 0.717) is 16.5 Å². The molecule has 0 bridgehead atoms. The molecule has 0 fully saturated rings. The molecular formula is C18H18BrClN2O2. The smallest absolute Gasteiger partial charge is 0.280 e. The van der Waals surface area contributed by atoms with E-state index >= 15 is 0 Å². The van der Waals surface area contributed by atoms with Gasteiger partial charge >= 0.3 is 0 Å². The summed E-state index contributed by atoms with van der Waals surface area (Å²) in [5.41, 5.74) is 5.05. The Morgan fingerprint density at radius 1 is 1.25 bits per heavy atom. The Balaban J connectivity index is 1.98. The minimum Gasteiger partial charge on any atom is -0.481 e. The number of halogens is 2. The summed E-state index contributed by atoms with van der Waals surface area (Å²) in [5, 5.41) is 4.76. The Labute approximate surface area is 155 Å². The van der Waals surface area contributed by atoms with Gasteiger partial charge < -0.3 is 4.74 Å². The van der Waals surface area contributed by atoms with E-state index < -0.39 is 6.10 Å². The van der Waals surface area contributed by atoms with Crippen LogP contribution in [0.15, 0.2) is 52.0 Å². The van der Waals surface area contributed by atoms with Crippen molar-refractivity contribution in [3.63, 3.8) is 0 Å². The van der Waals surface area contributed by atoms with E-state index in [2.05, 4.69) is 26.5 Å². The van der Waals surface area contributed by atoms with E-state index in [4.69, 9.17) is 16.3 Å². The molecule has 0 aliphatic heterocycles. The first kappa shape index (κ1) is 18.5. The highest BCUT2D eigenvalue weighted by Crippen LogP contribution is 2.22. The second kappa shape index (κ2) is 8.31. The number of nitrogens with one attached hydrogen (secondary N) is 1. The van der Waals surface area contributed by atoms with Crippen LogP contribution >= 0.6 is 27.5 Å². The lowest BCUT2D eigenvalue weighted by atomic mass is 10.1. The fraction of sp³-hybridized carbons (Fsp3) is 0.222. The summed E-state index contributed by atoms with van der Waals surface area (Å²) >= 11 is 9.30. The van der Waals surface area contributed by atoms with Gasteiger partial charge in [0.15, 0.2) is 6.10 Å². The molecule has 1 atom stereocenters. The van der Waals surface area contributed by atoms with Crippen molar-refractivity contribution in [2.75, 3.05) is 0 Å². The summed E-state index contributed by atoms with van der Waals surface area (Å²) in [7, 11) is 0. The minimum atomic E-state index is -0.675. The highest BCUT2D eigenvalue weighted by atomic mass is 79.9. The first-order valence-electron chi connectivity index (χ1n) is 7.39. The molecule has 2 aromatic carbocycles. The highest BCUT2D eigenvalue weighted by Gasteiger charge is 2.15. The lowest BCUT2D eigenvalue weighted by Gasteiger charge is -2.15. The summed E-state index contributed by atoms with van der Waals surface area (Å²) in [5.74, 6) is 0.302. The Morgan fingerprint density at radius 2 is 1.92 bits per heavy atom. The number of hydrogen-bond donors (Lipinski definition) is 1. The van der Waals surface area contributed by atoms with Crippen molar-refractivity contribution < 1.29 is 9.53 Å². The molecule has 0 saturated carbocycles. The molecule has 0 aromatic heterocycles. The zero-order valence-electron chi connectivity index (χ0n) is 13.6. The van der Waals surface area contributed by atoms with Gasteiger partial charge in [-0.15, -0.1) is 0 Å². The Kier molecular flexibility index (Phi) is 6.40. The number of nitrogens with zero attached hydrogens (tertiary/aromatic N) is 1. The molecule has 2 aromatic rings. The highest BCUT2D eigenvalue weighted by molar-refractivity contribution is 9.10. The second-order valence-corrected chi connectivity index (χ2v) is 6.70. The number of carbonyl (C=O) groups is 1. The van der Waals surface area contributed by atoms with Crippen LogP contribution in [0.1, 0.15) is 25.0 Å². The number of aryl methyl sites for hydroxylation is 1. The SMILES string of the molecule is C/C(=N\NC(=O)C(C)Oc1ccc(Cl)cc1C)c1ccc(Br)cc1. The molecule has 0 heterocycles. The molecule has 24 heavy (non-hydrogen) atoms. The van der Waals surface area contributed by atoms with Gasteiger partial charge in [0.25, 0.3) is 5.91 Å². The lowest BCUT2D eigenvalue weighted by molar-refractivity contribution is -0.127. The lowest BCUT2D eigenvalue weighted by Crippen LogP contribution is -2.34. The fourth-order valence-corrected chi connectivity index (χ4v) is 2.47. The van der Waals surface area contributed by atoms with Crippen molar-refractivity contribution in [2.24, 2.45) is 5.10 Å². The minimum absolute atomic E-state index is 0.319. The van der Waals surface area contributed by atoms with Crippen LogP contribution in [-0.4, -0.2) is 17.7 Å². The monoisotopic (exact) mass is 408 g/mol. The van der Waals surface area contributed by atoms with Gasteiger partial charge in [-0.3, -0.25) is 4.79 Å². The molecule has 1 amide bonds. The number of hydrazone groups is 1. The molecule has 0 aliphatic carbocycles. The number of amides is 1. The van der Waals surface area contributed by atoms with E-state index in [1.807, 2.05) is 38.1 Å². The summed E-state index contributed by atoms with van der Waals surface area (Å²) in [6.45, 7) is 5.38. The Bertz CT molecular complexity index is 760. The van der Waals surface area contributed by atoms with E-state index in [9.17, 15) is 4.79 Å². The van der Waals surface area contributed by atoms with Crippen LogP contribution in [-0.2, 0) is 4.79 Å². The van der Waals surface area contributed by atoms with Gasteiger partial charge in [-0.25, -0.2) is 5.43 Å². The third-order valence-corrected chi connectivity index (χ3v) is 4.17. The normalized spacial score (nSPS) is 12.6. The standard InChI is InChI=1S/C18H18BrClN2O2/c1-11-10-16(20)8-9-17(11)24-13(3)18(23)22-21-12(2)14-4-6-15(19)7-5-14/h4-10,13H,1-3H3,(H,22,23)/b21-12+. The maximum Gasteiger partial charge on any atom is 0.280 e. The molecule has 0 spiro atoms. The van der Waals surface area contributed by atoms with Crippen LogP contribution in [0.25, 0.3) is 0 Å². The number of benzene rings is 2. The molecule has 6 heteroatoms. The summed E-state index contributed by atoms with van der Waals surface area (Å²) in [6.07, 6.45) is -0.675. The van der Waals surface area contributed by atoms with Crippen molar-refractivity contribution in [3.8, 4) is 5.75 Å². The predicted octanol–water partition coefficient (Wildman–Crippen LogP) is 4.72. The third-order valence-electron chi connectivity index (χ3n) is 3.41. The van der Waals surface area contributed by atoms with Crippen LogP contribution in [0.5, 0.6) is 5.75 Å². The van der Waals surface area contributed by atoms with E-state index in [1.54, 1.807) is 25.1 Å². The van der Waals surface area contributed by atoms with E-state index in [1.165, 1.54) is 0 Å². The van der Waals surface area contributed by atoms with Gasteiger partial charge in [-0.2, -0.15) is 5.10 Å². The molecule has 126 valence electrons. The van der Waals surface area contributed by atoms with Crippen molar-refractivity contribution in [3.05, 3.63) is 63.1 Å². The number of ether oxygens (including phenoxy) is 1. The van der Waals surface area contributed by atoms with Crippen molar-refractivity contribution in [2.45, 2.75) is 26.9 Å². The molecule has 0 radical (unpaired) electrons. The van der Waals surface area contributed by atoms with Crippen molar-refractivity contribution >= 4 is 39.1 Å². The van der Waals surface area contributed by atoms with Crippen LogP contribution < -0.4 is 10.2 Å². The van der Waals surface area contributed by atoms with Crippen molar-refractivity contribution in [1.29, 1.82) is 0 Å². The maximum atomic E-state index is 12.1. The van der Waals surface area contributed by atoms with Gasteiger partial charge in [-0.1, -0.05) is 39.7 Å². The summed E-state index contributed by atoms with van der Waals surface area (Å²) < 4.78 is 6.66. The maximum absolute atomic E-state index is 12.1. The molecular weight excluding hydrogens is 392 g/mol. The van der Waals surface area contributed by atoms with Crippen LogP contribution in [0.2, 0.25) is 5.02 Å². The summed E-state index contributed by atoms with van der Waals surface area (Å²) in [6, 6.07) is 13.0. The average molecular weight is 410 g/mol.